The molecular formula is C18H23NO. The quantitative estimate of drug-likeness (QED) is 0.835. The minimum Gasteiger partial charge on any atom is -0.494 e. The van der Waals surface area contributed by atoms with E-state index >= 15 is 0 Å². The highest BCUT2D eigenvalue weighted by Gasteiger charge is 2.06. The van der Waals surface area contributed by atoms with Gasteiger partial charge in [-0.25, -0.2) is 0 Å². The average Bonchev–Trinajstić information content (AvgIpc) is 2.40. The summed E-state index contributed by atoms with van der Waals surface area (Å²) in [5, 5.41) is 3.53. The standard InChI is InChI=1S/C18H23NO/c1-5-20-18-8-6-17(7-9-18)19-15(4)16-11-13(2)10-14(3)12-16/h6-12,15,19H,5H2,1-4H3. The molecule has 2 aromatic carbocycles. The first-order valence-electron chi connectivity index (χ1n) is 7.16. The third-order valence-electron chi connectivity index (χ3n) is 3.29. The van der Waals surface area contributed by atoms with Crippen molar-refractivity contribution in [2.24, 2.45) is 0 Å². The molecule has 1 atom stereocenters. The largest absolute Gasteiger partial charge is 0.494 e. The topological polar surface area (TPSA) is 21.3 Å². The van der Waals surface area contributed by atoms with Crippen LogP contribution in [0.3, 0.4) is 0 Å². The Morgan fingerprint density at radius 2 is 1.60 bits per heavy atom. The van der Waals surface area contributed by atoms with Crippen LogP contribution in [0.25, 0.3) is 0 Å². The fourth-order valence-electron chi connectivity index (χ4n) is 2.41. The highest BCUT2D eigenvalue weighted by molar-refractivity contribution is 5.48. The fourth-order valence-corrected chi connectivity index (χ4v) is 2.41. The van der Waals surface area contributed by atoms with Crippen molar-refractivity contribution in [2.75, 3.05) is 11.9 Å². The van der Waals surface area contributed by atoms with E-state index in [0.717, 1.165) is 11.4 Å². The fraction of sp³-hybridized carbons (Fsp3) is 0.333. The van der Waals surface area contributed by atoms with Gasteiger partial charge in [0.05, 0.1) is 6.61 Å². The molecule has 0 radical (unpaired) electrons. The third kappa shape index (κ3) is 3.77. The van der Waals surface area contributed by atoms with Crippen molar-refractivity contribution in [2.45, 2.75) is 33.7 Å². The average molecular weight is 269 g/mol. The summed E-state index contributed by atoms with van der Waals surface area (Å²) in [7, 11) is 0. The minimum absolute atomic E-state index is 0.284. The van der Waals surface area contributed by atoms with Gasteiger partial charge in [0.1, 0.15) is 5.75 Å². The van der Waals surface area contributed by atoms with E-state index in [9.17, 15) is 0 Å². The van der Waals surface area contributed by atoms with Gasteiger partial charge in [-0.2, -0.15) is 0 Å². The van der Waals surface area contributed by atoms with Gasteiger partial charge in [-0.15, -0.1) is 0 Å². The molecule has 0 aliphatic rings. The summed E-state index contributed by atoms with van der Waals surface area (Å²) in [5.41, 5.74) is 5.04. The molecule has 2 rings (SSSR count). The van der Waals surface area contributed by atoms with E-state index in [-0.39, 0.29) is 6.04 Å². The van der Waals surface area contributed by atoms with Gasteiger partial charge in [0.15, 0.2) is 0 Å². The molecule has 20 heavy (non-hydrogen) atoms. The van der Waals surface area contributed by atoms with Crippen LogP contribution in [0, 0.1) is 13.8 Å². The maximum Gasteiger partial charge on any atom is 0.119 e. The summed E-state index contributed by atoms with van der Waals surface area (Å²) in [6.07, 6.45) is 0. The zero-order chi connectivity index (χ0) is 14.5. The lowest BCUT2D eigenvalue weighted by Gasteiger charge is -2.17. The van der Waals surface area contributed by atoms with Gasteiger partial charge in [0, 0.05) is 11.7 Å². The van der Waals surface area contributed by atoms with Gasteiger partial charge in [-0.1, -0.05) is 29.3 Å². The van der Waals surface area contributed by atoms with E-state index in [1.807, 2.05) is 19.1 Å². The predicted octanol–water partition coefficient (Wildman–Crippen LogP) is 4.88. The summed E-state index contributed by atoms with van der Waals surface area (Å²) in [6.45, 7) is 9.16. The molecule has 2 nitrogen and oxygen atoms in total. The first kappa shape index (κ1) is 14.4. The molecule has 0 amide bonds. The first-order chi connectivity index (χ1) is 9.58. The molecule has 0 aliphatic carbocycles. The van der Waals surface area contributed by atoms with Crippen molar-refractivity contribution in [3.63, 3.8) is 0 Å². The second kappa shape index (κ2) is 6.47. The molecule has 0 saturated heterocycles. The van der Waals surface area contributed by atoms with Crippen LogP contribution < -0.4 is 10.1 Å². The van der Waals surface area contributed by atoms with Crippen molar-refractivity contribution in [1.82, 2.24) is 0 Å². The van der Waals surface area contributed by atoms with E-state index < -0.39 is 0 Å². The zero-order valence-corrected chi connectivity index (χ0v) is 12.7. The summed E-state index contributed by atoms with van der Waals surface area (Å²) in [5.74, 6) is 0.914. The molecule has 0 bridgehead atoms. The van der Waals surface area contributed by atoms with Crippen LogP contribution in [0.5, 0.6) is 5.75 Å². The Morgan fingerprint density at radius 1 is 1.00 bits per heavy atom. The lowest BCUT2D eigenvalue weighted by Crippen LogP contribution is -2.07. The van der Waals surface area contributed by atoms with E-state index in [0.29, 0.717) is 6.61 Å². The number of benzene rings is 2. The van der Waals surface area contributed by atoms with E-state index in [1.165, 1.54) is 16.7 Å². The molecule has 0 heterocycles. The Balaban J connectivity index is 2.08. The smallest absolute Gasteiger partial charge is 0.119 e. The maximum atomic E-state index is 5.45. The molecule has 2 heteroatoms. The Kier molecular flexibility index (Phi) is 4.67. The predicted molar refractivity (Wildman–Crippen MR) is 85.6 cm³/mol. The molecular weight excluding hydrogens is 246 g/mol. The Bertz CT molecular complexity index is 540. The second-order valence-corrected chi connectivity index (χ2v) is 5.24. The zero-order valence-electron chi connectivity index (χ0n) is 12.7. The number of rotatable bonds is 5. The summed E-state index contributed by atoms with van der Waals surface area (Å²) < 4.78 is 5.45. The van der Waals surface area contributed by atoms with Crippen LogP contribution in [0.2, 0.25) is 0 Å². The molecule has 0 aliphatic heterocycles. The van der Waals surface area contributed by atoms with E-state index in [2.05, 4.69) is 56.4 Å². The van der Waals surface area contributed by atoms with Crippen molar-refractivity contribution < 1.29 is 4.74 Å². The SMILES string of the molecule is CCOc1ccc(NC(C)c2cc(C)cc(C)c2)cc1. The summed E-state index contributed by atoms with van der Waals surface area (Å²) in [4.78, 5) is 0. The number of hydrogen-bond acceptors (Lipinski definition) is 2. The van der Waals surface area contributed by atoms with Crippen LogP contribution in [0.4, 0.5) is 5.69 Å². The molecule has 0 saturated carbocycles. The highest BCUT2D eigenvalue weighted by atomic mass is 16.5. The van der Waals surface area contributed by atoms with Crippen molar-refractivity contribution >= 4 is 5.69 Å². The molecule has 1 unspecified atom stereocenters. The molecule has 0 spiro atoms. The third-order valence-corrected chi connectivity index (χ3v) is 3.29. The van der Waals surface area contributed by atoms with Gasteiger partial charge >= 0.3 is 0 Å². The van der Waals surface area contributed by atoms with Crippen molar-refractivity contribution in [3.05, 3.63) is 59.2 Å². The number of nitrogens with one attached hydrogen (secondary N) is 1. The Morgan fingerprint density at radius 3 is 2.15 bits per heavy atom. The molecule has 0 aromatic heterocycles. The van der Waals surface area contributed by atoms with Crippen LogP contribution >= 0.6 is 0 Å². The molecule has 106 valence electrons. The molecule has 0 fully saturated rings. The highest BCUT2D eigenvalue weighted by Crippen LogP contribution is 2.23. The van der Waals surface area contributed by atoms with Crippen LogP contribution in [0.15, 0.2) is 42.5 Å². The molecule has 1 N–H and O–H groups in total. The van der Waals surface area contributed by atoms with Crippen molar-refractivity contribution in [1.29, 1.82) is 0 Å². The summed E-state index contributed by atoms with van der Waals surface area (Å²) >= 11 is 0. The van der Waals surface area contributed by atoms with Gasteiger partial charge in [-0.05, 0) is 57.5 Å². The van der Waals surface area contributed by atoms with Crippen LogP contribution in [-0.2, 0) is 0 Å². The van der Waals surface area contributed by atoms with Gasteiger partial charge in [-0.3, -0.25) is 0 Å². The maximum absolute atomic E-state index is 5.45. The lowest BCUT2D eigenvalue weighted by atomic mass is 10.0. The molecule has 2 aromatic rings. The Labute approximate surface area is 121 Å². The monoisotopic (exact) mass is 269 g/mol. The number of hydrogen-bond donors (Lipinski definition) is 1. The van der Waals surface area contributed by atoms with Crippen molar-refractivity contribution in [3.8, 4) is 5.75 Å². The number of ether oxygens (including phenoxy) is 1. The van der Waals surface area contributed by atoms with Gasteiger partial charge < -0.3 is 10.1 Å². The van der Waals surface area contributed by atoms with Crippen LogP contribution in [-0.4, -0.2) is 6.61 Å². The number of aryl methyl sites for hydroxylation is 2. The van der Waals surface area contributed by atoms with Gasteiger partial charge in [0.25, 0.3) is 0 Å². The van der Waals surface area contributed by atoms with E-state index in [4.69, 9.17) is 4.74 Å². The summed E-state index contributed by atoms with van der Waals surface area (Å²) in [6, 6.07) is 15.1. The Hall–Kier alpha value is -1.96. The van der Waals surface area contributed by atoms with Gasteiger partial charge in [0.2, 0.25) is 0 Å². The first-order valence-corrected chi connectivity index (χ1v) is 7.16. The van der Waals surface area contributed by atoms with Crippen LogP contribution in [0.1, 0.15) is 36.6 Å². The van der Waals surface area contributed by atoms with E-state index in [1.54, 1.807) is 0 Å². The number of anilines is 1. The lowest BCUT2D eigenvalue weighted by molar-refractivity contribution is 0.340. The normalized spacial score (nSPS) is 12.0. The minimum atomic E-state index is 0.284. The second-order valence-electron chi connectivity index (χ2n) is 5.24.